The maximum absolute atomic E-state index is 12.7. The van der Waals surface area contributed by atoms with Crippen molar-refractivity contribution >= 4 is 17.7 Å². The predicted molar refractivity (Wildman–Crippen MR) is 86.8 cm³/mol. The number of carbonyl (C=O) groups excluding carboxylic acids is 1. The summed E-state index contributed by atoms with van der Waals surface area (Å²) >= 11 is 0. The van der Waals surface area contributed by atoms with Crippen molar-refractivity contribution in [1.82, 2.24) is 15.0 Å². The van der Waals surface area contributed by atoms with Gasteiger partial charge in [-0.2, -0.15) is 0 Å². The van der Waals surface area contributed by atoms with Gasteiger partial charge in [-0.1, -0.05) is 6.07 Å². The van der Waals surface area contributed by atoms with E-state index < -0.39 is 0 Å². The molecular formula is C16H19N5O2. The first-order valence-electron chi connectivity index (χ1n) is 7.52. The molecule has 3 rings (SSSR count). The summed E-state index contributed by atoms with van der Waals surface area (Å²) < 4.78 is 5.33. The van der Waals surface area contributed by atoms with Crippen molar-refractivity contribution in [2.45, 2.75) is 6.92 Å². The maximum Gasteiger partial charge on any atom is 0.277 e. The average molecular weight is 313 g/mol. The zero-order chi connectivity index (χ0) is 16.2. The normalized spacial score (nSPS) is 14.6. The van der Waals surface area contributed by atoms with Crippen LogP contribution in [-0.4, -0.2) is 54.2 Å². The van der Waals surface area contributed by atoms with Crippen LogP contribution in [0.1, 0.15) is 16.1 Å². The van der Waals surface area contributed by atoms with Crippen molar-refractivity contribution in [2.75, 3.05) is 43.2 Å². The van der Waals surface area contributed by atoms with E-state index in [0.29, 0.717) is 30.7 Å². The average Bonchev–Trinajstić information content (AvgIpc) is 2.62. The predicted octanol–water partition coefficient (Wildman–Crippen LogP) is 1.29. The van der Waals surface area contributed by atoms with E-state index in [1.54, 1.807) is 25.5 Å². The smallest absolute Gasteiger partial charge is 0.277 e. The Hall–Kier alpha value is -2.54. The molecule has 1 fully saturated rings. The molecule has 0 saturated carbocycles. The summed E-state index contributed by atoms with van der Waals surface area (Å²) in [5, 5.41) is 0. The third kappa shape index (κ3) is 3.29. The molecule has 120 valence electrons. The molecule has 0 aromatic carbocycles. The first-order valence-corrected chi connectivity index (χ1v) is 7.52. The fourth-order valence-corrected chi connectivity index (χ4v) is 2.48. The Morgan fingerprint density at radius 1 is 1.22 bits per heavy atom. The molecule has 0 radical (unpaired) electrons. The number of ether oxygens (including phenoxy) is 1. The molecule has 1 amide bonds. The number of aryl methyl sites for hydroxylation is 1. The standard InChI is InChI=1S/C16H19N5O2/c1-12-4-3-6-17-14(12)20(2)15(22)13-5-7-18-16(19-13)21-8-10-23-11-9-21/h3-7H,8-11H2,1-2H3. The lowest BCUT2D eigenvalue weighted by atomic mass is 10.2. The van der Waals surface area contributed by atoms with Crippen molar-refractivity contribution in [3.8, 4) is 0 Å². The van der Waals surface area contributed by atoms with Gasteiger partial charge in [-0.25, -0.2) is 15.0 Å². The largest absolute Gasteiger partial charge is 0.378 e. The Bertz CT molecular complexity index is 700. The van der Waals surface area contributed by atoms with Crippen molar-refractivity contribution in [1.29, 1.82) is 0 Å². The Balaban J connectivity index is 1.83. The van der Waals surface area contributed by atoms with Gasteiger partial charge in [0.2, 0.25) is 5.95 Å². The number of hydrogen-bond donors (Lipinski definition) is 0. The van der Waals surface area contributed by atoms with E-state index in [9.17, 15) is 4.79 Å². The molecule has 3 heterocycles. The van der Waals surface area contributed by atoms with Crippen LogP contribution in [0.25, 0.3) is 0 Å². The quantitative estimate of drug-likeness (QED) is 0.850. The van der Waals surface area contributed by atoms with Crippen molar-refractivity contribution in [2.24, 2.45) is 0 Å². The zero-order valence-corrected chi connectivity index (χ0v) is 13.3. The summed E-state index contributed by atoms with van der Waals surface area (Å²) in [6.45, 7) is 4.67. The molecule has 7 heteroatoms. The number of rotatable bonds is 3. The molecule has 0 atom stereocenters. The van der Waals surface area contributed by atoms with Crippen LogP contribution in [0.2, 0.25) is 0 Å². The molecule has 23 heavy (non-hydrogen) atoms. The summed E-state index contributed by atoms with van der Waals surface area (Å²) in [7, 11) is 1.70. The van der Waals surface area contributed by atoms with E-state index in [1.165, 1.54) is 4.90 Å². The van der Waals surface area contributed by atoms with E-state index in [1.807, 2.05) is 24.0 Å². The van der Waals surface area contributed by atoms with Gasteiger partial charge in [0.05, 0.1) is 13.2 Å². The van der Waals surface area contributed by atoms with Gasteiger partial charge in [-0.05, 0) is 24.6 Å². The molecule has 0 bridgehead atoms. The molecule has 0 spiro atoms. The minimum Gasteiger partial charge on any atom is -0.378 e. The summed E-state index contributed by atoms with van der Waals surface area (Å²) in [5.74, 6) is 0.984. The molecule has 1 aliphatic rings. The van der Waals surface area contributed by atoms with Gasteiger partial charge in [-0.15, -0.1) is 0 Å². The Morgan fingerprint density at radius 2 is 2.00 bits per heavy atom. The van der Waals surface area contributed by atoms with Crippen molar-refractivity contribution < 1.29 is 9.53 Å². The SMILES string of the molecule is Cc1cccnc1N(C)C(=O)c1ccnc(N2CCOCC2)n1. The molecule has 2 aromatic heterocycles. The molecule has 1 aliphatic heterocycles. The second kappa shape index (κ2) is 6.70. The van der Waals surface area contributed by atoms with Crippen LogP contribution in [0.5, 0.6) is 0 Å². The molecular weight excluding hydrogens is 294 g/mol. The lowest BCUT2D eigenvalue weighted by Gasteiger charge is -2.27. The summed E-state index contributed by atoms with van der Waals surface area (Å²) in [6.07, 6.45) is 3.29. The summed E-state index contributed by atoms with van der Waals surface area (Å²) in [4.78, 5) is 29.2. The summed E-state index contributed by atoms with van der Waals surface area (Å²) in [6, 6.07) is 5.39. The van der Waals surface area contributed by atoms with Gasteiger partial charge in [0.15, 0.2) is 0 Å². The second-order valence-corrected chi connectivity index (χ2v) is 5.35. The molecule has 0 unspecified atom stereocenters. The van der Waals surface area contributed by atoms with Crippen LogP contribution in [-0.2, 0) is 4.74 Å². The number of anilines is 2. The first kappa shape index (κ1) is 15.4. The monoisotopic (exact) mass is 313 g/mol. The van der Waals surface area contributed by atoms with Gasteiger partial charge in [0.1, 0.15) is 11.5 Å². The summed E-state index contributed by atoms with van der Waals surface area (Å²) in [5.41, 5.74) is 1.29. The van der Waals surface area contributed by atoms with Gasteiger partial charge in [0, 0.05) is 32.5 Å². The molecule has 2 aromatic rings. The highest BCUT2D eigenvalue weighted by molar-refractivity contribution is 6.04. The van der Waals surface area contributed by atoms with Crippen molar-refractivity contribution in [3.63, 3.8) is 0 Å². The number of nitrogens with zero attached hydrogens (tertiary/aromatic N) is 5. The minimum atomic E-state index is -0.205. The van der Waals surface area contributed by atoms with Crippen LogP contribution < -0.4 is 9.80 Å². The van der Waals surface area contributed by atoms with E-state index in [0.717, 1.165) is 18.7 Å². The number of hydrogen-bond acceptors (Lipinski definition) is 6. The zero-order valence-electron chi connectivity index (χ0n) is 13.3. The van der Waals surface area contributed by atoms with E-state index in [2.05, 4.69) is 15.0 Å². The van der Waals surface area contributed by atoms with Gasteiger partial charge < -0.3 is 9.64 Å². The fourth-order valence-electron chi connectivity index (χ4n) is 2.48. The maximum atomic E-state index is 12.7. The number of morpholine rings is 1. The minimum absolute atomic E-state index is 0.205. The van der Waals surface area contributed by atoms with Crippen LogP contribution in [0.3, 0.4) is 0 Å². The Kier molecular flexibility index (Phi) is 4.47. The Morgan fingerprint density at radius 3 is 2.74 bits per heavy atom. The Labute approximate surface area is 134 Å². The van der Waals surface area contributed by atoms with Crippen LogP contribution in [0.4, 0.5) is 11.8 Å². The van der Waals surface area contributed by atoms with Crippen LogP contribution >= 0.6 is 0 Å². The van der Waals surface area contributed by atoms with Gasteiger partial charge >= 0.3 is 0 Å². The fraction of sp³-hybridized carbons (Fsp3) is 0.375. The number of aromatic nitrogens is 3. The third-order valence-electron chi connectivity index (χ3n) is 3.76. The number of carbonyl (C=O) groups is 1. The van der Waals surface area contributed by atoms with Gasteiger partial charge in [0.25, 0.3) is 5.91 Å². The molecule has 0 N–H and O–H groups in total. The topological polar surface area (TPSA) is 71.5 Å². The van der Waals surface area contributed by atoms with Gasteiger partial charge in [-0.3, -0.25) is 9.69 Å². The number of amides is 1. The molecule has 0 aliphatic carbocycles. The highest BCUT2D eigenvalue weighted by Gasteiger charge is 2.20. The van der Waals surface area contributed by atoms with E-state index in [4.69, 9.17) is 4.74 Å². The second-order valence-electron chi connectivity index (χ2n) is 5.35. The molecule has 7 nitrogen and oxygen atoms in total. The van der Waals surface area contributed by atoms with Crippen LogP contribution in [0, 0.1) is 6.92 Å². The number of pyridine rings is 1. The highest BCUT2D eigenvalue weighted by Crippen LogP contribution is 2.17. The van der Waals surface area contributed by atoms with E-state index >= 15 is 0 Å². The van der Waals surface area contributed by atoms with Crippen molar-refractivity contribution in [3.05, 3.63) is 41.9 Å². The first-order chi connectivity index (χ1) is 11.2. The third-order valence-corrected chi connectivity index (χ3v) is 3.76. The highest BCUT2D eigenvalue weighted by atomic mass is 16.5. The van der Waals surface area contributed by atoms with E-state index in [-0.39, 0.29) is 5.91 Å². The lowest BCUT2D eigenvalue weighted by Crippen LogP contribution is -2.38. The van der Waals surface area contributed by atoms with Crippen LogP contribution in [0.15, 0.2) is 30.6 Å². The molecule has 1 saturated heterocycles. The lowest BCUT2D eigenvalue weighted by molar-refractivity contribution is 0.0987.